The monoisotopic (exact) mass is 699 g/mol. The van der Waals surface area contributed by atoms with Crippen molar-refractivity contribution in [2.24, 2.45) is 0 Å². The Morgan fingerprint density at radius 2 is 1.42 bits per heavy atom. The maximum absolute atomic E-state index is 14.8. The fraction of sp³-hybridized carbons (Fsp3) is 0.333. The Labute approximate surface area is 295 Å². The van der Waals surface area contributed by atoms with Crippen molar-refractivity contribution in [1.29, 1.82) is 0 Å². The number of benzene rings is 4. The molecular formula is C39H45N3O7S. The van der Waals surface area contributed by atoms with Crippen molar-refractivity contribution >= 4 is 27.5 Å². The average molecular weight is 700 g/mol. The molecule has 1 fully saturated rings. The summed E-state index contributed by atoms with van der Waals surface area (Å²) >= 11 is 0. The molecule has 264 valence electrons. The van der Waals surface area contributed by atoms with E-state index in [2.05, 4.69) is 5.32 Å². The molecule has 0 aromatic heterocycles. The first-order chi connectivity index (χ1) is 24.2. The van der Waals surface area contributed by atoms with Crippen molar-refractivity contribution in [3.05, 3.63) is 114 Å². The summed E-state index contributed by atoms with van der Waals surface area (Å²) in [6, 6.07) is 28.7. The predicted molar refractivity (Wildman–Crippen MR) is 193 cm³/mol. The van der Waals surface area contributed by atoms with E-state index in [1.54, 1.807) is 43.5 Å². The van der Waals surface area contributed by atoms with Gasteiger partial charge in [-0.1, -0.05) is 79.9 Å². The van der Waals surface area contributed by atoms with Crippen molar-refractivity contribution < 1.29 is 32.2 Å². The van der Waals surface area contributed by atoms with Gasteiger partial charge in [0.15, 0.2) is 11.5 Å². The van der Waals surface area contributed by atoms with Gasteiger partial charge in [-0.3, -0.25) is 13.9 Å². The quantitative estimate of drug-likeness (QED) is 0.162. The van der Waals surface area contributed by atoms with Crippen LogP contribution in [0.3, 0.4) is 0 Å². The van der Waals surface area contributed by atoms with Crippen LogP contribution < -0.4 is 23.8 Å². The summed E-state index contributed by atoms with van der Waals surface area (Å²) in [6.07, 6.45) is 5.17. The number of amides is 2. The number of para-hydroxylation sites is 1. The number of ether oxygens (including phenoxy) is 3. The summed E-state index contributed by atoms with van der Waals surface area (Å²) < 4.78 is 46.1. The van der Waals surface area contributed by atoms with E-state index in [1.807, 2.05) is 48.5 Å². The van der Waals surface area contributed by atoms with Gasteiger partial charge in [0.25, 0.3) is 10.0 Å². The number of carbonyl (C=O) groups is 2. The molecule has 0 heterocycles. The third kappa shape index (κ3) is 8.95. The SMILES string of the molecule is COc1cccc(CN(C(=O)CN(c2ccccc2)S(=O)(=O)c2ccc(OC)c(OC)c2)[C@H](Cc2ccccc2)C(=O)NC2CCCCC2)c1. The number of nitrogens with zero attached hydrogens (tertiary/aromatic N) is 2. The zero-order chi connectivity index (χ0) is 35.5. The molecule has 1 aliphatic rings. The second-order valence-electron chi connectivity index (χ2n) is 12.3. The molecule has 10 nitrogen and oxygen atoms in total. The number of sulfonamides is 1. The molecule has 1 saturated carbocycles. The zero-order valence-corrected chi connectivity index (χ0v) is 29.6. The van der Waals surface area contributed by atoms with Crippen molar-refractivity contribution in [3.63, 3.8) is 0 Å². The van der Waals surface area contributed by atoms with E-state index in [0.717, 1.165) is 47.5 Å². The predicted octanol–water partition coefficient (Wildman–Crippen LogP) is 6.00. The first-order valence-electron chi connectivity index (χ1n) is 16.8. The Bertz CT molecular complexity index is 1830. The van der Waals surface area contributed by atoms with E-state index in [-0.39, 0.29) is 35.6 Å². The normalized spacial score (nSPS) is 13.9. The molecule has 11 heteroatoms. The van der Waals surface area contributed by atoms with Crippen LogP contribution in [0.15, 0.2) is 108 Å². The van der Waals surface area contributed by atoms with Gasteiger partial charge in [-0.2, -0.15) is 0 Å². The van der Waals surface area contributed by atoms with E-state index in [9.17, 15) is 18.0 Å². The van der Waals surface area contributed by atoms with E-state index in [4.69, 9.17) is 14.2 Å². The Hall–Kier alpha value is -5.03. The maximum atomic E-state index is 14.8. The van der Waals surface area contributed by atoms with Gasteiger partial charge in [-0.15, -0.1) is 0 Å². The number of rotatable bonds is 15. The highest BCUT2D eigenvalue weighted by atomic mass is 32.2. The lowest BCUT2D eigenvalue weighted by molar-refractivity contribution is -0.140. The lowest BCUT2D eigenvalue weighted by Gasteiger charge is -2.35. The molecular weight excluding hydrogens is 655 g/mol. The average Bonchev–Trinajstić information content (AvgIpc) is 3.15. The second kappa shape index (κ2) is 17.1. The van der Waals surface area contributed by atoms with Crippen LogP contribution >= 0.6 is 0 Å². The highest BCUT2D eigenvalue weighted by Crippen LogP contribution is 2.32. The lowest BCUT2D eigenvalue weighted by Crippen LogP contribution is -2.55. The lowest BCUT2D eigenvalue weighted by atomic mass is 9.94. The summed E-state index contributed by atoms with van der Waals surface area (Å²) in [5.41, 5.74) is 1.90. The molecule has 50 heavy (non-hydrogen) atoms. The van der Waals surface area contributed by atoms with Crippen LogP contribution in [-0.2, 0) is 32.6 Å². The van der Waals surface area contributed by atoms with Crippen LogP contribution in [-0.4, -0.2) is 65.1 Å². The highest BCUT2D eigenvalue weighted by Gasteiger charge is 2.35. The minimum absolute atomic E-state index is 0.00884. The standard InChI is InChI=1S/C39H45N3O7S/c1-47-33-21-13-16-30(24-33)27-41(35(25-29-14-7-4-8-15-29)39(44)40-31-17-9-5-10-18-31)38(43)28-42(32-19-11-6-12-20-32)50(45,46)34-22-23-36(48-2)37(26-34)49-3/h4,6-8,11-16,19-24,26,31,35H,5,9-10,17-18,25,27-28H2,1-3H3,(H,40,44)/t35-/m1/s1. The summed E-state index contributed by atoms with van der Waals surface area (Å²) in [4.78, 5) is 30.5. The smallest absolute Gasteiger partial charge is 0.264 e. The summed E-state index contributed by atoms with van der Waals surface area (Å²) in [6.45, 7) is -0.517. The number of carbonyl (C=O) groups excluding carboxylic acids is 2. The van der Waals surface area contributed by atoms with E-state index >= 15 is 0 Å². The molecule has 0 spiro atoms. The largest absolute Gasteiger partial charge is 0.497 e. The van der Waals surface area contributed by atoms with Gasteiger partial charge in [0.2, 0.25) is 11.8 Å². The van der Waals surface area contributed by atoms with E-state index in [0.29, 0.717) is 17.2 Å². The van der Waals surface area contributed by atoms with Gasteiger partial charge in [0, 0.05) is 25.1 Å². The van der Waals surface area contributed by atoms with Gasteiger partial charge in [0.05, 0.1) is 31.9 Å². The molecule has 5 rings (SSSR count). The van der Waals surface area contributed by atoms with Crippen molar-refractivity contribution in [2.45, 2.75) is 62.0 Å². The number of anilines is 1. The third-order valence-electron chi connectivity index (χ3n) is 8.98. The molecule has 0 unspecified atom stereocenters. The molecule has 2 amide bonds. The Kier molecular flexibility index (Phi) is 12.4. The summed E-state index contributed by atoms with van der Waals surface area (Å²) in [7, 11) is 0.134. The van der Waals surface area contributed by atoms with Crippen LogP contribution in [0.4, 0.5) is 5.69 Å². The molecule has 0 radical (unpaired) electrons. The molecule has 4 aromatic carbocycles. The number of methoxy groups -OCH3 is 3. The molecule has 0 bridgehead atoms. The first-order valence-corrected chi connectivity index (χ1v) is 18.2. The van der Waals surface area contributed by atoms with Crippen LogP contribution in [0.5, 0.6) is 17.2 Å². The van der Waals surface area contributed by atoms with Gasteiger partial charge < -0.3 is 24.4 Å². The Balaban J connectivity index is 1.57. The fourth-order valence-electron chi connectivity index (χ4n) is 6.29. The molecule has 1 N–H and O–H groups in total. The van der Waals surface area contributed by atoms with Gasteiger partial charge in [-0.25, -0.2) is 8.42 Å². The minimum atomic E-state index is -4.32. The molecule has 1 aliphatic carbocycles. The van der Waals surface area contributed by atoms with Gasteiger partial charge in [0.1, 0.15) is 18.3 Å². The highest BCUT2D eigenvalue weighted by molar-refractivity contribution is 7.92. The van der Waals surface area contributed by atoms with Crippen LogP contribution in [0.25, 0.3) is 0 Å². The van der Waals surface area contributed by atoms with E-state index < -0.39 is 28.5 Å². The molecule has 1 atom stereocenters. The minimum Gasteiger partial charge on any atom is -0.497 e. The molecule has 0 saturated heterocycles. The molecule has 0 aliphatic heterocycles. The van der Waals surface area contributed by atoms with Crippen molar-refractivity contribution in [2.75, 3.05) is 32.2 Å². The molecule has 4 aromatic rings. The second-order valence-corrected chi connectivity index (χ2v) is 14.1. The van der Waals surface area contributed by atoms with Crippen LogP contribution in [0.2, 0.25) is 0 Å². The summed E-state index contributed by atoms with van der Waals surface area (Å²) in [5, 5.41) is 3.23. The summed E-state index contributed by atoms with van der Waals surface area (Å²) in [5.74, 6) is 0.385. The Morgan fingerprint density at radius 3 is 2.08 bits per heavy atom. The number of nitrogens with one attached hydrogen (secondary N) is 1. The van der Waals surface area contributed by atoms with Crippen molar-refractivity contribution in [1.82, 2.24) is 10.2 Å². The fourth-order valence-corrected chi connectivity index (χ4v) is 7.72. The first kappa shape index (κ1) is 36.3. The number of hydrogen-bond acceptors (Lipinski definition) is 7. The van der Waals surface area contributed by atoms with E-state index in [1.165, 1.54) is 37.3 Å². The van der Waals surface area contributed by atoms with Crippen molar-refractivity contribution in [3.8, 4) is 17.2 Å². The topological polar surface area (TPSA) is 114 Å². The van der Waals surface area contributed by atoms with Crippen LogP contribution in [0, 0.1) is 0 Å². The third-order valence-corrected chi connectivity index (χ3v) is 10.7. The van der Waals surface area contributed by atoms with Crippen LogP contribution in [0.1, 0.15) is 43.2 Å². The number of hydrogen-bond donors (Lipinski definition) is 1. The van der Waals surface area contributed by atoms with Gasteiger partial charge >= 0.3 is 0 Å². The zero-order valence-electron chi connectivity index (χ0n) is 28.8. The Morgan fingerprint density at radius 1 is 0.760 bits per heavy atom. The maximum Gasteiger partial charge on any atom is 0.264 e. The van der Waals surface area contributed by atoms with Gasteiger partial charge in [-0.05, 0) is 60.4 Å².